The number of halogens is 2. The largest absolute Gasteiger partial charge is 0.493 e. The molecule has 0 fully saturated rings. The molecular weight excluding hydrogens is 389 g/mol. The smallest absolute Gasteiger partial charge is 0.331 e. The number of ether oxygens (including phenoxy) is 3. The average molecular weight is 408 g/mol. The highest BCUT2D eigenvalue weighted by Crippen LogP contribution is 2.31. The summed E-state index contributed by atoms with van der Waals surface area (Å²) >= 11 is 5.86. The summed E-state index contributed by atoms with van der Waals surface area (Å²) < 4.78 is 28.6. The Balaban J connectivity index is 2.00. The first-order chi connectivity index (χ1) is 13.3. The zero-order valence-electron chi connectivity index (χ0n) is 15.5. The van der Waals surface area contributed by atoms with E-state index in [-0.39, 0.29) is 10.7 Å². The van der Waals surface area contributed by atoms with Crippen LogP contribution in [0.15, 0.2) is 42.5 Å². The van der Waals surface area contributed by atoms with Gasteiger partial charge in [-0.05, 0) is 37.3 Å². The van der Waals surface area contributed by atoms with Gasteiger partial charge in [0.2, 0.25) is 0 Å². The molecule has 0 radical (unpaired) electrons. The van der Waals surface area contributed by atoms with Crippen molar-refractivity contribution in [2.75, 3.05) is 19.5 Å². The Bertz CT molecular complexity index is 900. The molecule has 0 aromatic heterocycles. The van der Waals surface area contributed by atoms with Crippen molar-refractivity contribution in [3.63, 3.8) is 0 Å². The lowest BCUT2D eigenvalue weighted by atomic mass is 10.1. The van der Waals surface area contributed by atoms with Crippen LogP contribution in [0.3, 0.4) is 0 Å². The number of amides is 1. The molecule has 0 aliphatic carbocycles. The van der Waals surface area contributed by atoms with Crippen LogP contribution in [0.4, 0.5) is 10.1 Å². The topological polar surface area (TPSA) is 73.9 Å². The zero-order valence-corrected chi connectivity index (χ0v) is 16.2. The molecule has 2 rings (SSSR count). The minimum atomic E-state index is -1.09. The molecule has 1 atom stereocenters. The second kappa shape index (κ2) is 9.75. The molecule has 0 heterocycles. The number of carbonyl (C=O) groups excluding carboxylic acids is 2. The van der Waals surface area contributed by atoms with E-state index in [9.17, 15) is 14.0 Å². The van der Waals surface area contributed by atoms with E-state index in [0.717, 1.165) is 12.1 Å². The monoisotopic (exact) mass is 407 g/mol. The van der Waals surface area contributed by atoms with Crippen LogP contribution in [0, 0.1) is 5.82 Å². The van der Waals surface area contributed by atoms with Crippen LogP contribution in [0.5, 0.6) is 11.5 Å². The second-order valence-corrected chi connectivity index (χ2v) is 6.02. The molecule has 1 amide bonds. The predicted octanol–water partition coefficient (Wildman–Crippen LogP) is 4.08. The molecular formula is C20H19ClFNO5. The van der Waals surface area contributed by atoms with Gasteiger partial charge in [0.05, 0.1) is 24.9 Å². The van der Waals surface area contributed by atoms with Crippen LogP contribution in [0.25, 0.3) is 6.08 Å². The highest BCUT2D eigenvalue weighted by Gasteiger charge is 2.18. The van der Waals surface area contributed by atoms with Gasteiger partial charge in [-0.2, -0.15) is 0 Å². The third-order valence-corrected chi connectivity index (χ3v) is 4.00. The maximum absolute atomic E-state index is 13.1. The fourth-order valence-corrected chi connectivity index (χ4v) is 2.51. The van der Waals surface area contributed by atoms with E-state index in [2.05, 4.69) is 5.32 Å². The van der Waals surface area contributed by atoms with E-state index < -0.39 is 23.8 Å². The van der Waals surface area contributed by atoms with Gasteiger partial charge in [-0.25, -0.2) is 9.18 Å². The summed E-state index contributed by atoms with van der Waals surface area (Å²) in [7, 11) is 2.99. The summed E-state index contributed by atoms with van der Waals surface area (Å²) in [5.74, 6) is -0.875. The first-order valence-corrected chi connectivity index (χ1v) is 8.59. The normalized spacial score (nSPS) is 11.8. The number of benzene rings is 2. The fraction of sp³-hybridized carbons (Fsp3) is 0.200. The predicted molar refractivity (Wildman–Crippen MR) is 104 cm³/mol. The molecule has 2 aromatic rings. The number of anilines is 1. The van der Waals surface area contributed by atoms with Crippen molar-refractivity contribution in [2.24, 2.45) is 0 Å². The summed E-state index contributed by atoms with van der Waals surface area (Å²) in [6.07, 6.45) is 1.57. The maximum atomic E-state index is 13.1. The Morgan fingerprint density at radius 3 is 2.57 bits per heavy atom. The van der Waals surface area contributed by atoms with Crippen molar-refractivity contribution in [2.45, 2.75) is 13.0 Å². The van der Waals surface area contributed by atoms with Gasteiger partial charge < -0.3 is 19.5 Å². The molecule has 0 spiro atoms. The lowest BCUT2D eigenvalue weighted by Crippen LogP contribution is -2.29. The minimum Gasteiger partial charge on any atom is -0.493 e. The Morgan fingerprint density at radius 2 is 1.93 bits per heavy atom. The third-order valence-electron chi connectivity index (χ3n) is 3.68. The lowest BCUT2D eigenvalue weighted by molar-refractivity contribution is -0.148. The molecule has 28 heavy (non-hydrogen) atoms. The summed E-state index contributed by atoms with van der Waals surface area (Å²) in [6, 6.07) is 8.74. The van der Waals surface area contributed by atoms with Crippen molar-refractivity contribution in [1.82, 2.24) is 0 Å². The fourth-order valence-electron chi connectivity index (χ4n) is 2.29. The molecule has 0 aliphatic rings. The summed E-state index contributed by atoms with van der Waals surface area (Å²) in [5.41, 5.74) is 0.821. The van der Waals surface area contributed by atoms with Crippen LogP contribution in [0.2, 0.25) is 5.02 Å². The summed E-state index contributed by atoms with van der Waals surface area (Å²) in [5, 5.41) is 2.51. The van der Waals surface area contributed by atoms with Crippen LogP contribution in [-0.4, -0.2) is 32.2 Å². The number of hydrogen-bond donors (Lipinski definition) is 1. The second-order valence-electron chi connectivity index (χ2n) is 5.61. The molecule has 0 saturated carbocycles. The number of esters is 1. The van der Waals surface area contributed by atoms with E-state index in [1.165, 1.54) is 39.4 Å². The highest BCUT2D eigenvalue weighted by molar-refractivity contribution is 6.33. The highest BCUT2D eigenvalue weighted by atomic mass is 35.5. The zero-order chi connectivity index (χ0) is 20.7. The van der Waals surface area contributed by atoms with Gasteiger partial charge >= 0.3 is 5.97 Å². The van der Waals surface area contributed by atoms with Gasteiger partial charge in [-0.3, -0.25) is 4.79 Å². The van der Waals surface area contributed by atoms with Gasteiger partial charge in [0, 0.05) is 11.6 Å². The van der Waals surface area contributed by atoms with Gasteiger partial charge in [0.25, 0.3) is 5.91 Å². The van der Waals surface area contributed by atoms with E-state index in [1.54, 1.807) is 18.2 Å². The van der Waals surface area contributed by atoms with Gasteiger partial charge in [-0.1, -0.05) is 23.7 Å². The first kappa shape index (κ1) is 21.2. The Morgan fingerprint density at radius 1 is 1.18 bits per heavy atom. The molecule has 0 unspecified atom stereocenters. The van der Waals surface area contributed by atoms with Crippen molar-refractivity contribution < 1.29 is 28.2 Å². The van der Waals surface area contributed by atoms with Crippen molar-refractivity contribution >= 4 is 35.2 Å². The molecule has 6 nitrogen and oxygen atoms in total. The van der Waals surface area contributed by atoms with E-state index in [1.807, 2.05) is 0 Å². The number of carbonyl (C=O) groups is 2. The molecule has 2 aromatic carbocycles. The van der Waals surface area contributed by atoms with Gasteiger partial charge in [0.1, 0.15) is 5.82 Å². The van der Waals surface area contributed by atoms with Crippen LogP contribution in [-0.2, 0) is 14.3 Å². The lowest BCUT2D eigenvalue weighted by Gasteiger charge is -2.13. The maximum Gasteiger partial charge on any atom is 0.331 e. The number of nitrogens with one attached hydrogen (secondary N) is 1. The number of rotatable bonds is 7. The van der Waals surface area contributed by atoms with Gasteiger partial charge in [-0.15, -0.1) is 0 Å². The summed E-state index contributed by atoms with van der Waals surface area (Å²) in [6.45, 7) is 1.41. The minimum absolute atomic E-state index is 0.0388. The van der Waals surface area contributed by atoms with Crippen molar-refractivity contribution in [1.29, 1.82) is 0 Å². The molecule has 8 heteroatoms. The molecule has 148 valence electrons. The molecule has 0 aliphatic heterocycles. The molecule has 1 N–H and O–H groups in total. The van der Waals surface area contributed by atoms with E-state index in [4.69, 9.17) is 25.8 Å². The Kier molecular flexibility index (Phi) is 7.40. The van der Waals surface area contributed by atoms with Crippen molar-refractivity contribution in [3.05, 3.63) is 58.9 Å². The number of methoxy groups -OCH3 is 2. The van der Waals surface area contributed by atoms with Crippen LogP contribution >= 0.6 is 11.6 Å². The number of para-hydroxylation sites is 1. The molecule has 0 bridgehead atoms. The van der Waals surface area contributed by atoms with E-state index >= 15 is 0 Å². The van der Waals surface area contributed by atoms with Crippen LogP contribution < -0.4 is 14.8 Å². The van der Waals surface area contributed by atoms with Gasteiger partial charge in [0.15, 0.2) is 17.6 Å². The number of hydrogen-bond acceptors (Lipinski definition) is 5. The summed E-state index contributed by atoms with van der Waals surface area (Å²) in [4.78, 5) is 24.2. The first-order valence-electron chi connectivity index (χ1n) is 8.21. The van der Waals surface area contributed by atoms with Crippen LogP contribution in [0.1, 0.15) is 12.5 Å². The SMILES string of the molecule is COc1cccc(/C=C/C(=O)O[C@@H](C)C(=O)Nc2ccc(F)cc2Cl)c1OC. The third kappa shape index (κ3) is 5.47. The Hall–Kier alpha value is -3.06. The van der Waals surface area contributed by atoms with Crippen molar-refractivity contribution in [3.8, 4) is 11.5 Å². The van der Waals surface area contributed by atoms with E-state index in [0.29, 0.717) is 17.1 Å². The molecule has 0 saturated heterocycles. The standard InChI is InChI=1S/C20H19ClFNO5/c1-12(20(25)23-16-9-8-14(22)11-15(16)21)28-18(24)10-7-13-5-4-6-17(26-2)19(13)27-3/h4-12H,1-3H3,(H,23,25)/b10-7+/t12-/m0/s1. The Labute approximate surface area is 166 Å². The average Bonchev–Trinajstić information content (AvgIpc) is 2.67. The quantitative estimate of drug-likeness (QED) is 0.553.